The number of nitrogens with zero attached hydrogens (tertiary/aromatic N) is 3. The molecule has 0 saturated carbocycles. The number of carbonyl (C=O) groups excluding carboxylic acids is 1. The van der Waals surface area contributed by atoms with Crippen LogP contribution in [0.5, 0.6) is 11.5 Å². The number of amides is 1. The van der Waals surface area contributed by atoms with Crippen LogP contribution in [-0.2, 0) is 0 Å². The summed E-state index contributed by atoms with van der Waals surface area (Å²) in [4.78, 5) is 32.5. The fourth-order valence-corrected chi connectivity index (χ4v) is 2.55. The SMILES string of the molecule is CN=C(N)NC(=O)c1cc2c(Cl)cc(Oc3ccnc([N+](=O)[O-])c3)cc2[nH]1. The molecule has 0 bridgehead atoms. The first kappa shape index (κ1) is 18.1. The van der Waals surface area contributed by atoms with Crippen molar-refractivity contribution in [2.75, 3.05) is 7.05 Å². The third-order valence-corrected chi connectivity index (χ3v) is 3.84. The molecule has 0 atom stereocenters. The third kappa shape index (κ3) is 3.96. The first-order chi connectivity index (χ1) is 12.9. The second-order valence-corrected chi connectivity index (χ2v) is 5.73. The van der Waals surface area contributed by atoms with E-state index in [0.29, 0.717) is 21.7 Å². The van der Waals surface area contributed by atoms with Gasteiger partial charge in [-0.2, -0.15) is 0 Å². The summed E-state index contributed by atoms with van der Waals surface area (Å²) in [5.41, 5.74) is 6.26. The van der Waals surface area contributed by atoms with E-state index in [1.54, 1.807) is 12.1 Å². The predicted molar refractivity (Wildman–Crippen MR) is 99.3 cm³/mol. The van der Waals surface area contributed by atoms with Crippen molar-refractivity contribution in [3.8, 4) is 11.5 Å². The number of guanidine groups is 1. The summed E-state index contributed by atoms with van der Waals surface area (Å²) in [5, 5.41) is 14.1. The Labute approximate surface area is 157 Å². The molecule has 0 fully saturated rings. The highest BCUT2D eigenvalue weighted by atomic mass is 35.5. The number of benzene rings is 1. The number of nitrogens with one attached hydrogen (secondary N) is 2. The van der Waals surface area contributed by atoms with Crippen LogP contribution < -0.4 is 15.8 Å². The van der Waals surface area contributed by atoms with Crippen LogP contribution in [0.25, 0.3) is 10.9 Å². The number of aromatic nitrogens is 2. The van der Waals surface area contributed by atoms with Gasteiger partial charge in [-0.15, -0.1) is 0 Å². The molecule has 3 aromatic rings. The molecule has 0 radical (unpaired) electrons. The van der Waals surface area contributed by atoms with Crippen LogP contribution in [-0.4, -0.2) is 33.8 Å². The van der Waals surface area contributed by atoms with Crippen molar-refractivity contribution in [3.63, 3.8) is 0 Å². The highest BCUT2D eigenvalue weighted by Gasteiger charge is 2.14. The highest BCUT2D eigenvalue weighted by molar-refractivity contribution is 6.35. The van der Waals surface area contributed by atoms with E-state index in [0.717, 1.165) is 0 Å². The fraction of sp³-hybridized carbons (Fsp3) is 0.0625. The summed E-state index contributed by atoms with van der Waals surface area (Å²) in [7, 11) is 1.45. The number of hydrogen-bond donors (Lipinski definition) is 3. The maximum Gasteiger partial charge on any atom is 0.367 e. The zero-order valence-electron chi connectivity index (χ0n) is 13.9. The molecular weight excluding hydrogens is 376 g/mol. The van der Waals surface area contributed by atoms with Gasteiger partial charge in [0.25, 0.3) is 5.91 Å². The lowest BCUT2D eigenvalue weighted by Crippen LogP contribution is -2.36. The molecule has 4 N–H and O–H groups in total. The van der Waals surface area contributed by atoms with E-state index in [9.17, 15) is 14.9 Å². The second kappa shape index (κ2) is 7.30. The number of nitro groups is 1. The van der Waals surface area contributed by atoms with Gasteiger partial charge >= 0.3 is 5.82 Å². The monoisotopic (exact) mass is 388 g/mol. The van der Waals surface area contributed by atoms with Crippen molar-refractivity contribution in [1.29, 1.82) is 0 Å². The van der Waals surface area contributed by atoms with Crippen molar-refractivity contribution in [1.82, 2.24) is 15.3 Å². The van der Waals surface area contributed by atoms with E-state index in [2.05, 4.69) is 20.3 Å². The van der Waals surface area contributed by atoms with Crippen molar-refractivity contribution >= 4 is 40.2 Å². The minimum atomic E-state index is -0.621. The zero-order valence-corrected chi connectivity index (χ0v) is 14.6. The first-order valence-electron chi connectivity index (χ1n) is 7.51. The average Bonchev–Trinajstić information content (AvgIpc) is 3.06. The number of nitrogens with two attached hydrogens (primary N) is 1. The van der Waals surface area contributed by atoms with Gasteiger partial charge in [0, 0.05) is 30.6 Å². The van der Waals surface area contributed by atoms with Crippen LogP contribution in [0, 0.1) is 10.1 Å². The van der Waals surface area contributed by atoms with Crippen LogP contribution in [0.2, 0.25) is 5.02 Å². The standard InChI is InChI=1S/C16H13ClN6O4/c1-19-16(18)22-15(24)13-7-10-11(17)4-9(5-12(10)21-13)27-8-2-3-20-14(6-8)23(25)26/h2-7,21H,1H3,(H3,18,19,22,24). The van der Waals surface area contributed by atoms with E-state index in [1.165, 1.54) is 31.4 Å². The number of ether oxygens (including phenoxy) is 1. The van der Waals surface area contributed by atoms with Crippen molar-refractivity contribution < 1.29 is 14.5 Å². The van der Waals surface area contributed by atoms with Gasteiger partial charge in [-0.1, -0.05) is 11.6 Å². The topological polar surface area (TPSA) is 149 Å². The molecular formula is C16H13ClN6O4. The lowest BCUT2D eigenvalue weighted by Gasteiger charge is -2.06. The van der Waals surface area contributed by atoms with Gasteiger partial charge in [-0.25, -0.2) is 0 Å². The Balaban J connectivity index is 1.91. The number of pyridine rings is 1. The number of aliphatic imine (C=N–C) groups is 1. The number of hydrogen-bond acceptors (Lipinski definition) is 6. The first-order valence-corrected chi connectivity index (χ1v) is 7.89. The molecule has 0 aliphatic carbocycles. The summed E-state index contributed by atoms with van der Waals surface area (Å²) in [5.74, 6) is -0.278. The van der Waals surface area contributed by atoms with Crippen LogP contribution >= 0.6 is 11.6 Å². The van der Waals surface area contributed by atoms with Gasteiger partial charge in [0.05, 0.1) is 16.6 Å². The van der Waals surface area contributed by atoms with Gasteiger partial charge in [0.15, 0.2) is 5.96 Å². The minimum absolute atomic E-state index is 0.0203. The molecule has 10 nitrogen and oxygen atoms in total. The Kier molecular flexibility index (Phi) is 4.90. The number of H-pyrrole nitrogens is 1. The van der Waals surface area contributed by atoms with E-state index in [4.69, 9.17) is 22.1 Å². The molecule has 11 heteroatoms. The Morgan fingerprint density at radius 1 is 1.37 bits per heavy atom. The van der Waals surface area contributed by atoms with Gasteiger partial charge in [0.2, 0.25) is 0 Å². The number of rotatable bonds is 4. The second-order valence-electron chi connectivity index (χ2n) is 5.32. The summed E-state index contributed by atoms with van der Waals surface area (Å²) in [6.45, 7) is 0. The number of aromatic amines is 1. The molecule has 0 saturated heterocycles. The van der Waals surface area contributed by atoms with Crippen LogP contribution in [0.1, 0.15) is 10.5 Å². The van der Waals surface area contributed by atoms with Gasteiger partial charge in [0.1, 0.15) is 23.4 Å². The normalized spacial score (nSPS) is 11.4. The van der Waals surface area contributed by atoms with E-state index >= 15 is 0 Å². The number of halogens is 1. The molecule has 2 aromatic heterocycles. The van der Waals surface area contributed by atoms with Crippen molar-refractivity contribution in [2.24, 2.45) is 10.7 Å². The van der Waals surface area contributed by atoms with Crippen molar-refractivity contribution in [3.05, 3.63) is 57.4 Å². The molecule has 0 spiro atoms. The lowest BCUT2D eigenvalue weighted by atomic mass is 10.2. The Hall–Kier alpha value is -3.66. The predicted octanol–water partition coefficient (Wildman–Crippen LogP) is 2.59. The summed E-state index contributed by atoms with van der Waals surface area (Å²) >= 11 is 6.26. The average molecular weight is 389 g/mol. The summed E-state index contributed by atoms with van der Waals surface area (Å²) in [6, 6.07) is 7.39. The number of fused-ring (bicyclic) bond motifs is 1. The largest absolute Gasteiger partial charge is 0.457 e. The van der Waals surface area contributed by atoms with Gasteiger partial charge in [-0.05, 0) is 16.0 Å². The summed E-state index contributed by atoms with van der Waals surface area (Å²) < 4.78 is 5.62. The molecule has 3 rings (SSSR count). The lowest BCUT2D eigenvalue weighted by molar-refractivity contribution is -0.389. The molecule has 0 aliphatic heterocycles. The number of carbonyl (C=O) groups is 1. The zero-order chi connectivity index (χ0) is 19.6. The molecule has 2 heterocycles. The Morgan fingerprint density at radius 3 is 2.85 bits per heavy atom. The third-order valence-electron chi connectivity index (χ3n) is 3.53. The smallest absolute Gasteiger partial charge is 0.367 e. The molecule has 1 amide bonds. The van der Waals surface area contributed by atoms with Gasteiger partial charge < -0.3 is 25.6 Å². The molecule has 138 valence electrons. The van der Waals surface area contributed by atoms with Crippen LogP contribution in [0.3, 0.4) is 0 Å². The Morgan fingerprint density at radius 2 is 2.15 bits per heavy atom. The molecule has 0 aliphatic rings. The van der Waals surface area contributed by atoms with Crippen molar-refractivity contribution in [2.45, 2.75) is 0 Å². The molecule has 27 heavy (non-hydrogen) atoms. The maximum absolute atomic E-state index is 12.1. The van der Waals surface area contributed by atoms with E-state index in [1.807, 2.05) is 0 Å². The van der Waals surface area contributed by atoms with Crippen LogP contribution in [0.4, 0.5) is 5.82 Å². The quantitative estimate of drug-likeness (QED) is 0.270. The van der Waals surface area contributed by atoms with E-state index in [-0.39, 0.29) is 23.2 Å². The van der Waals surface area contributed by atoms with Crippen LogP contribution in [0.15, 0.2) is 41.5 Å². The highest BCUT2D eigenvalue weighted by Crippen LogP contribution is 2.32. The fourth-order valence-electron chi connectivity index (χ4n) is 2.29. The maximum atomic E-state index is 12.1. The Bertz CT molecular complexity index is 1080. The molecule has 1 aromatic carbocycles. The van der Waals surface area contributed by atoms with E-state index < -0.39 is 10.8 Å². The molecule has 0 unspecified atom stereocenters. The minimum Gasteiger partial charge on any atom is -0.457 e. The summed E-state index contributed by atoms with van der Waals surface area (Å²) in [6.07, 6.45) is 1.27. The van der Waals surface area contributed by atoms with Gasteiger partial charge in [-0.3, -0.25) is 15.1 Å².